The highest BCUT2D eigenvalue weighted by Crippen LogP contribution is 2.32. The maximum Gasteiger partial charge on any atom is 0.250 e. The van der Waals surface area contributed by atoms with Crippen LogP contribution in [-0.2, 0) is 16.6 Å². The van der Waals surface area contributed by atoms with Crippen molar-refractivity contribution in [3.05, 3.63) is 41.4 Å². The molecule has 3 heterocycles. The van der Waals surface area contributed by atoms with Gasteiger partial charge in [0.25, 0.3) is 5.89 Å². The molecule has 0 aromatic carbocycles. The van der Waals surface area contributed by atoms with Gasteiger partial charge in [-0.1, -0.05) is 0 Å². The Kier molecular flexibility index (Phi) is 3.82. The zero-order valence-electron chi connectivity index (χ0n) is 12.9. The average Bonchev–Trinajstić information content (AvgIpc) is 3.17. The molecule has 2 N–H and O–H groups in total. The topological polar surface area (TPSA) is 114 Å². The van der Waals surface area contributed by atoms with Gasteiger partial charge in [0.15, 0.2) is 0 Å². The largest absolute Gasteiger partial charge is 0.468 e. The van der Waals surface area contributed by atoms with E-state index in [0.717, 1.165) is 0 Å². The lowest BCUT2D eigenvalue weighted by Gasteiger charge is -2.07. The van der Waals surface area contributed by atoms with Gasteiger partial charge in [-0.25, -0.2) is 13.1 Å². The first kappa shape index (κ1) is 15.5. The lowest BCUT2D eigenvalue weighted by Crippen LogP contribution is -2.24. The highest BCUT2D eigenvalue weighted by molar-refractivity contribution is 7.89. The van der Waals surface area contributed by atoms with Crippen molar-refractivity contribution >= 4 is 10.0 Å². The predicted octanol–water partition coefficient (Wildman–Crippen LogP) is 2.06. The van der Waals surface area contributed by atoms with Crippen LogP contribution in [0, 0.1) is 20.8 Å². The van der Waals surface area contributed by atoms with Crippen molar-refractivity contribution in [3.63, 3.8) is 0 Å². The molecule has 0 aliphatic heterocycles. The van der Waals surface area contributed by atoms with Crippen molar-refractivity contribution in [1.29, 1.82) is 0 Å². The van der Waals surface area contributed by atoms with E-state index in [0.29, 0.717) is 28.6 Å². The molecule has 0 radical (unpaired) electrons. The Labute approximate surface area is 133 Å². The first-order valence-corrected chi connectivity index (χ1v) is 8.38. The fourth-order valence-corrected chi connectivity index (χ4v) is 3.84. The van der Waals surface area contributed by atoms with Crippen LogP contribution >= 0.6 is 0 Å². The molecule has 0 spiro atoms. The summed E-state index contributed by atoms with van der Waals surface area (Å²) in [4.78, 5) is 3.11. The minimum absolute atomic E-state index is 0.0568. The molecule has 0 saturated heterocycles. The normalized spacial score (nSPS) is 12.0. The Hall–Kier alpha value is -2.39. The Balaban J connectivity index is 2.01. The average molecular weight is 336 g/mol. The van der Waals surface area contributed by atoms with Crippen LogP contribution in [0.5, 0.6) is 0 Å². The summed E-state index contributed by atoms with van der Waals surface area (Å²) in [5, 5.41) is 7.69. The standard InChI is InChI=1S/C14H16N4O4S/c1-8-12(14-18-17-10(3)22-14)13(9(2)16-8)23(19,20)15-7-11-5-4-6-21-11/h4-6,15-16H,7H2,1-3H3. The van der Waals surface area contributed by atoms with Gasteiger partial charge in [0.2, 0.25) is 15.9 Å². The maximum absolute atomic E-state index is 12.7. The van der Waals surface area contributed by atoms with Crippen molar-refractivity contribution in [3.8, 4) is 11.5 Å². The summed E-state index contributed by atoms with van der Waals surface area (Å²) in [5.41, 5.74) is 1.53. The number of nitrogens with one attached hydrogen (secondary N) is 2. The second-order valence-corrected chi connectivity index (χ2v) is 6.81. The summed E-state index contributed by atoms with van der Waals surface area (Å²) < 4.78 is 38.5. The monoisotopic (exact) mass is 336 g/mol. The van der Waals surface area contributed by atoms with Gasteiger partial charge < -0.3 is 13.8 Å². The van der Waals surface area contributed by atoms with Gasteiger partial charge in [-0.15, -0.1) is 10.2 Å². The second-order valence-electron chi connectivity index (χ2n) is 5.11. The number of H-pyrrole nitrogens is 1. The number of nitrogens with zero attached hydrogens (tertiary/aromatic N) is 2. The van der Waals surface area contributed by atoms with Gasteiger partial charge in [0.1, 0.15) is 10.7 Å². The van der Waals surface area contributed by atoms with Crippen LogP contribution in [0.2, 0.25) is 0 Å². The fraction of sp³-hybridized carbons (Fsp3) is 0.286. The van der Waals surface area contributed by atoms with Crippen LogP contribution in [-0.4, -0.2) is 23.6 Å². The Morgan fingerprint density at radius 2 is 2.00 bits per heavy atom. The van der Waals surface area contributed by atoms with Crippen molar-refractivity contribution in [1.82, 2.24) is 19.9 Å². The van der Waals surface area contributed by atoms with E-state index in [-0.39, 0.29) is 17.3 Å². The van der Waals surface area contributed by atoms with Crippen LogP contribution in [0.25, 0.3) is 11.5 Å². The molecule has 3 rings (SSSR count). The SMILES string of the molecule is Cc1nnc(-c2c(C)[nH]c(C)c2S(=O)(=O)NCc2ccco2)o1. The van der Waals surface area contributed by atoms with Gasteiger partial charge in [0.05, 0.1) is 18.4 Å². The molecule has 0 atom stereocenters. The molecule has 3 aromatic heterocycles. The summed E-state index contributed by atoms with van der Waals surface area (Å²) >= 11 is 0. The number of rotatable bonds is 5. The third kappa shape index (κ3) is 2.92. The summed E-state index contributed by atoms with van der Waals surface area (Å²) in [6.07, 6.45) is 1.49. The second kappa shape index (κ2) is 5.67. The number of hydrogen-bond acceptors (Lipinski definition) is 6. The summed E-state index contributed by atoms with van der Waals surface area (Å²) in [5.74, 6) is 1.06. The van der Waals surface area contributed by atoms with Gasteiger partial charge in [-0.05, 0) is 26.0 Å². The highest BCUT2D eigenvalue weighted by atomic mass is 32.2. The molecule has 0 amide bonds. The quantitative estimate of drug-likeness (QED) is 0.737. The van der Waals surface area contributed by atoms with E-state index in [4.69, 9.17) is 8.83 Å². The molecule has 0 aliphatic rings. The third-order valence-corrected chi connectivity index (χ3v) is 4.91. The highest BCUT2D eigenvalue weighted by Gasteiger charge is 2.28. The molecular formula is C14H16N4O4S. The number of aryl methyl sites for hydroxylation is 3. The number of hydrogen-bond donors (Lipinski definition) is 2. The first-order chi connectivity index (χ1) is 10.9. The molecule has 23 heavy (non-hydrogen) atoms. The van der Waals surface area contributed by atoms with Crippen LogP contribution in [0.4, 0.5) is 0 Å². The van der Waals surface area contributed by atoms with E-state index >= 15 is 0 Å². The number of sulfonamides is 1. The summed E-state index contributed by atoms with van der Waals surface area (Å²) in [6.45, 7) is 5.14. The molecule has 8 nitrogen and oxygen atoms in total. The lowest BCUT2D eigenvalue weighted by atomic mass is 10.2. The van der Waals surface area contributed by atoms with Crippen LogP contribution in [0.15, 0.2) is 32.1 Å². The number of aromatic amines is 1. The number of furan rings is 1. The lowest BCUT2D eigenvalue weighted by molar-refractivity contribution is 0.498. The maximum atomic E-state index is 12.7. The van der Waals surface area contributed by atoms with Gasteiger partial charge in [-0.3, -0.25) is 0 Å². The molecule has 0 saturated carbocycles. The number of aromatic nitrogens is 3. The minimum atomic E-state index is -3.78. The fourth-order valence-electron chi connectivity index (χ4n) is 2.40. The van der Waals surface area contributed by atoms with Crippen molar-refractivity contribution in [2.75, 3.05) is 0 Å². The predicted molar refractivity (Wildman–Crippen MR) is 81.0 cm³/mol. The molecule has 122 valence electrons. The minimum Gasteiger partial charge on any atom is -0.468 e. The summed E-state index contributed by atoms with van der Waals surface area (Å²) in [7, 11) is -3.78. The third-order valence-electron chi connectivity index (χ3n) is 3.34. The molecule has 0 unspecified atom stereocenters. The Bertz CT molecular complexity index is 922. The van der Waals surface area contributed by atoms with Crippen molar-refractivity contribution in [2.24, 2.45) is 0 Å². The van der Waals surface area contributed by atoms with E-state index in [1.807, 2.05) is 0 Å². The molecule has 3 aromatic rings. The van der Waals surface area contributed by atoms with Gasteiger partial charge >= 0.3 is 0 Å². The van der Waals surface area contributed by atoms with Crippen molar-refractivity contribution < 1.29 is 17.3 Å². The van der Waals surface area contributed by atoms with Crippen LogP contribution < -0.4 is 4.72 Å². The summed E-state index contributed by atoms with van der Waals surface area (Å²) in [6, 6.07) is 3.39. The zero-order valence-corrected chi connectivity index (χ0v) is 13.7. The van der Waals surface area contributed by atoms with E-state index < -0.39 is 10.0 Å². The van der Waals surface area contributed by atoms with Crippen LogP contribution in [0.3, 0.4) is 0 Å². The van der Waals surface area contributed by atoms with E-state index in [9.17, 15) is 8.42 Å². The zero-order chi connectivity index (χ0) is 16.6. The van der Waals surface area contributed by atoms with Crippen LogP contribution in [0.1, 0.15) is 23.0 Å². The van der Waals surface area contributed by atoms with Gasteiger partial charge in [0, 0.05) is 18.3 Å². The van der Waals surface area contributed by atoms with Crippen molar-refractivity contribution in [2.45, 2.75) is 32.2 Å². The van der Waals surface area contributed by atoms with E-state index in [2.05, 4.69) is 19.9 Å². The Morgan fingerprint density at radius 1 is 1.22 bits per heavy atom. The molecular weight excluding hydrogens is 320 g/mol. The first-order valence-electron chi connectivity index (χ1n) is 6.90. The molecule has 0 bridgehead atoms. The van der Waals surface area contributed by atoms with Gasteiger partial charge in [-0.2, -0.15) is 0 Å². The molecule has 0 fully saturated rings. The van der Waals surface area contributed by atoms with E-state index in [1.165, 1.54) is 6.26 Å². The smallest absolute Gasteiger partial charge is 0.250 e. The molecule has 0 aliphatic carbocycles. The Morgan fingerprint density at radius 3 is 2.61 bits per heavy atom. The molecule has 9 heteroatoms. The van der Waals surface area contributed by atoms with E-state index in [1.54, 1.807) is 32.9 Å².